The van der Waals surface area contributed by atoms with Crippen molar-refractivity contribution in [1.29, 1.82) is 0 Å². The maximum absolute atomic E-state index is 12.3. The molecule has 3 aromatic rings. The lowest BCUT2D eigenvalue weighted by Crippen LogP contribution is -2.21. The molecule has 0 atom stereocenters. The van der Waals surface area contributed by atoms with E-state index in [9.17, 15) is 9.59 Å². The van der Waals surface area contributed by atoms with Crippen molar-refractivity contribution in [2.75, 3.05) is 12.4 Å². The van der Waals surface area contributed by atoms with Gasteiger partial charge in [0.15, 0.2) is 0 Å². The van der Waals surface area contributed by atoms with Gasteiger partial charge in [-0.15, -0.1) is 0 Å². The summed E-state index contributed by atoms with van der Waals surface area (Å²) in [5, 5.41) is 9.25. The number of nitrogens with zero attached hydrogens (tertiary/aromatic N) is 1. The van der Waals surface area contributed by atoms with Gasteiger partial charge in [-0.1, -0.05) is 41.9 Å². The highest BCUT2D eigenvalue weighted by Gasteiger charge is 2.11. The Kier molecular flexibility index (Phi) is 6.46. The van der Waals surface area contributed by atoms with Crippen LogP contribution in [0.3, 0.4) is 0 Å². The van der Waals surface area contributed by atoms with Crippen LogP contribution in [0.5, 0.6) is 5.75 Å². The highest BCUT2D eigenvalue weighted by molar-refractivity contribution is 6.31. The third kappa shape index (κ3) is 5.33. The van der Waals surface area contributed by atoms with Gasteiger partial charge in [-0.25, -0.2) is 5.43 Å². The number of rotatable bonds is 6. The Labute approximate surface area is 173 Å². The van der Waals surface area contributed by atoms with E-state index in [1.807, 2.05) is 30.3 Å². The van der Waals surface area contributed by atoms with E-state index in [0.717, 1.165) is 10.8 Å². The van der Waals surface area contributed by atoms with Crippen LogP contribution in [0.2, 0.25) is 5.02 Å². The van der Waals surface area contributed by atoms with Crippen LogP contribution < -0.4 is 15.5 Å². The zero-order chi connectivity index (χ0) is 20.8. The van der Waals surface area contributed by atoms with Gasteiger partial charge in [-0.2, -0.15) is 5.10 Å². The van der Waals surface area contributed by atoms with Gasteiger partial charge in [-0.05, 0) is 48.0 Å². The Bertz CT molecular complexity index is 1100. The fourth-order valence-electron chi connectivity index (χ4n) is 2.79. The number of benzene rings is 3. The Hall–Kier alpha value is -3.38. The summed E-state index contributed by atoms with van der Waals surface area (Å²) in [6.45, 7) is 1.66. The third-order valence-electron chi connectivity index (χ3n) is 4.21. The van der Waals surface area contributed by atoms with E-state index in [0.29, 0.717) is 27.7 Å². The lowest BCUT2D eigenvalue weighted by Gasteiger charge is -2.10. The van der Waals surface area contributed by atoms with E-state index in [2.05, 4.69) is 15.8 Å². The lowest BCUT2D eigenvalue weighted by atomic mass is 10.1. The average molecular weight is 410 g/mol. The average Bonchev–Trinajstić information content (AvgIpc) is 2.71. The molecule has 0 aliphatic rings. The number of amides is 2. The van der Waals surface area contributed by atoms with Crippen molar-refractivity contribution in [1.82, 2.24) is 5.43 Å². The highest BCUT2D eigenvalue weighted by atomic mass is 35.5. The van der Waals surface area contributed by atoms with Gasteiger partial charge in [0.05, 0.1) is 19.2 Å². The fraction of sp³-hybridized carbons (Fsp3) is 0.136. The molecule has 2 amide bonds. The summed E-state index contributed by atoms with van der Waals surface area (Å²) < 4.78 is 5.20. The number of carbonyl (C=O) groups excluding carboxylic acids is 2. The molecule has 6 nitrogen and oxygen atoms in total. The molecule has 0 spiro atoms. The van der Waals surface area contributed by atoms with E-state index < -0.39 is 0 Å². The van der Waals surface area contributed by atoms with Crippen LogP contribution >= 0.6 is 11.6 Å². The first-order valence-electron chi connectivity index (χ1n) is 8.92. The smallest absolute Gasteiger partial charge is 0.271 e. The van der Waals surface area contributed by atoms with Crippen LogP contribution in [0, 0.1) is 0 Å². The predicted molar refractivity (Wildman–Crippen MR) is 116 cm³/mol. The summed E-state index contributed by atoms with van der Waals surface area (Å²) in [5.74, 6) is -0.138. The fourth-order valence-corrected chi connectivity index (χ4v) is 2.96. The van der Waals surface area contributed by atoms with Crippen LogP contribution in [-0.4, -0.2) is 24.6 Å². The minimum atomic E-state index is -0.341. The van der Waals surface area contributed by atoms with E-state index >= 15 is 0 Å². The number of methoxy groups -OCH3 is 1. The van der Waals surface area contributed by atoms with Crippen LogP contribution in [0.25, 0.3) is 10.8 Å². The third-order valence-corrected chi connectivity index (χ3v) is 4.45. The van der Waals surface area contributed by atoms with E-state index in [-0.39, 0.29) is 18.2 Å². The summed E-state index contributed by atoms with van der Waals surface area (Å²) in [5.41, 5.74) is 3.91. The molecule has 0 saturated heterocycles. The first-order chi connectivity index (χ1) is 14.0. The molecule has 0 unspecified atom stereocenters. The largest absolute Gasteiger partial charge is 0.495 e. The molecule has 0 fully saturated rings. The number of halogens is 1. The van der Waals surface area contributed by atoms with Crippen molar-refractivity contribution in [3.05, 3.63) is 71.2 Å². The van der Waals surface area contributed by atoms with Gasteiger partial charge >= 0.3 is 0 Å². The lowest BCUT2D eigenvalue weighted by molar-refractivity contribution is -0.115. The van der Waals surface area contributed by atoms with Gasteiger partial charge in [0.25, 0.3) is 5.91 Å². The van der Waals surface area contributed by atoms with Crippen LogP contribution in [0.1, 0.15) is 23.7 Å². The monoisotopic (exact) mass is 409 g/mol. The summed E-state index contributed by atoms with van der Waals surface area (Å²) in [4.78, 5) is 24.6. The number of anilines is 1. The molecule has 0 aliphatic carbocycles. The number of hydrogen-bond donors (Lipinski definition) is 2. The highest BCUT2D eigenvalue weighted by Crippen LogP contribution is 2.27. The number of hydrazone groups is 1. The molecule has 2 N–H and O–H groups in total. The summed E-state index contributed by atoms with van der Waals surface area (Å²) >= 11 is 5.96. The van der Waals surface area contributed by atoms with Crippen molar-refractivity contribution >= 4 is 45.6 Å². The van der Waals surface area contributed by atoms with Crippen LogP contribution in [0.15, 0.2) is 65.8 Å². The van der Waals surface area contributed by atoms with E-state index in [4.69, 9.17) is 16.3 Å². The normalized spacial score (nSPS) is 11.2. The van der Waals surface area contributed by atoms with Crippen LogP contribution in [-0.2, 0) is 4.79 Å². The Balaban J connectivity index is 1.61. The second kappa shape index (κ2) is 9.21. The summed E-state index contributed by atoms with van der Waals surface area (Å²) in [7, 11) is 1.51. The summed E-state index contributed by atoms with van der Waals surface area (Å²) in [6, 6.07) is 18.1. The molecule has 7 heteroatoms. The minimum absolute atomic E-state index is 0.00761. The Morgan fingerprint density at radius 1 is 1.03 bits per heavy atom. The Morgan fingerprint density at radius 2 is 1.79 bits per heavy atom. The predicted octanol–water partition coefficient (Wildman–Crippen LogP) is 4.64. The van der Waals surface area contributed by atoms with E-state index in [1.54, 1.807) is 37.3 Å². The summed E-state index contributed by atoms with van der Waals surface area (Å²) in [6.07, 6.45) is 0.00761. The van der Waals surface area contributed by atoms with Gasteiger partial charge in [0.2, 0.25) is 5.91 Å². The quantitative estimate of drug-likeness (QED) is 0.460. The zero-order valence-corrected chi connectivity index (χ0v) is 16.8. The number of hydrogen-bond acceptors (Lipinski definition) is 4. The van der Waals surface area contributed by atoms with Crippen LogP contribution in [0.4, 0.5) is 5.69 Å². The second-order valence-corrected chi connectivity index (χ2v) is 6.86. The second-order valence-electron chi connectivity index (χ2n) is 6.42. The standard InChI is InChI=1S/C22H20ClN3O3/c1-14(11-21(27)24-19-13-18(23)9-10-20(19)29-2)25-26-22(28)17-8-7-15-5-3-4-6-16(15)12-17/h3-10,12-13H,11H2,1-2H3,(H,24,27)(H,26,28)/b25-14+. The van der Waals surface area contributed by atoms with Gasteiger partial charge in [0.1, 0.15) is 5.75 Å². The number of carbonyl (C=O) groups is 2. The van der Waals surface area contributed by atoms with E-state index in [1.165, 1.54) is 7.11 Å². The minimum Gasteiger partial charge on any atom is -0.495 e. The number of ether oxygens (including phenoxy) is 1. The molecular weight excluding hydrogens is 390 g/mol. The first-order valence-corrected chi connectivity index (χ1v) is 9.30. The SMILES string of the molecule is COc1ccc(Cl)cc1NC(=O)C/C(C)=N/NC(=O)c1ccc2ccccc2c1. The van der Waals surface area contributed by atoms with Gasteiger partial charge in [-0.3, -0.25) is 9.59 Å². The maximum Gasteiger partial charge on any atom is 0.271 e. The molecule has 3 aromatic carbocycles. The topological polar surface area (TPSA) is 79.8 Å². The molecule has 3 rings (SSSR count). The van der Waals surface area contributed by atoms with Crippen molar-refractivity contribution in [3.8, 4) is 5.75 Å². The Morgan fingerprint density at radius 3 is 2.55 bits per heavy atom. The van der Waals surface area contributed by atoms with Gasteiger partial charge in [0, 0.05) is 16.3 Å². The molecular formula is C22H20ClN3O3. The molecule has 148 valence electrons. The van der Waals surface area contributed by atoms with Crippen molar-refractivity contribution in [2.24, 2.45) is 5.10 Å². The zero-order valence-electron chi connectivity index (χ0n) is 16.0. The molecule has 0 aromatic heterocycles. The first kappa shape index (κ1) is 20.4. The maximum atomic E-state index is 12.3. The van der Waals surface area contributed by atoms with Crippen molar-refractivity contribution < 1.29 is 14.3 Å². The molecule has 0 radical (unpaired) electrons. The van der Waals surface area contributed by atoms with Gasteiger partial charge < -0.3 is 10.1 Å². The molecule has 0 bridgehead atoms. The number of fused-ring (bicyclic) bond motifs is 1. The molecule has 29 heavy (non-hydrogen) atoms. The van der Waals surface area contributed by atoms with Crippen molar-refractivity contribution in [2.45, 2.75) is 13.3 Å². The number of nitrogens with one attached hydrogen (secondary N) is 2. The van der Waals surface area contributed by atoms with Crippen molar-refractivity contribution in [3.63, 3.8) is 0 Å². The molecule has 0 saturated carbocycles. The molecule has 0 heterocycles. The molecule has 0 aliphatic heterocycles.